The number of halogens is 1. The highest BCUT2D eigenvalue weighted by atomic mass is 32.2. The molecule has 1 saturated heterocycles. The van der Waals surface area contributed by atoms with Crippen molar-refractivity contribution in [1.29, 1.82) is 0 Å². The van der Waals surface area contributed by atoms with Crippen molar-refractivity contribution in [1.82, 2.24) is 10.2 Å². The highest BCUT2D eigenvalue weighted by molar-refractivity contribution is 7.99. The molecule has 3 aliphatic rings. The highest BCUT2D eigenvalue weighted by Gasteiger charge is 2.47. The summed E-state index contributed by atoms with van der Waals surface area (Å²) in [5.74, 6) is -0.312. The number of hydrogen-bond donors (Lipinski definition) is 1. The van der Waals surface area contributed by atoms with Crippen molar-refractivity contribution < 1.29 is 18.8 Å². The third-order valence-corrected chi connectivity index (χ3v) is 7.02. The van der Waals surface area contributed by atoms with Gasteiger partial charge in [-0.2, -0.15) is 0 Å². The van der Waals surface area contributed by atoms with E-state index in [2.05, 4.69) is 5.32 Å². The molecule has 7 heteroatoms. The van der Waals surface area contributed by atoms with Crippen LogP contribution >= 0.6 is 11.8 Å². The monoisotopic (exact) mass is 390 g/mol. The fourth-order valence-corrected chi connectivity index (χ4v) is 5.61. The average molecular weight is 390 g/mol. The molecule has 1 saturated carbocycles. The van der Waals surface area contributed by atoms with Gasteiger partial charge in [0.1, 0.15) is 5.82 Å². The molecule has 1 aromatic rings. The van der Waals surface area contributed by atoms with Crippen molar-refractivity contribution in [2.45, 2.75) is 49.5 Å². The van der Waals surface area contributed by atoms with Crippen molar-refractivity contribution >= 4 is 29.5 Å². The summed E-state index contributed by atoms with van der Waals surface area (Å²) in [6.07, 6.45) is 4.36. The van der Waals surface area contributed by atoms with Gasteiger partial charge in [-0.25, -0.2) is 4.39 Å². The van der Waals surface area contributed by atoms with Crippen LogP contribution in [0.5, 0.6) is 0 Å². The molecule has 3 atom stereocenters. The zero-order valence-corrected chi connectivity index (χ0v) is 15.9. The van der Waals surface area contributed by atoms with Gasteiger partial charge in [0.2, 0.25) is 17.7 Å². The van der Waals surface area contributed by atoms with Gasteiger partial charge in [0.15, 0.2) is 0 Å². The molecular weight excluding hydrogens is 367 g/mol. The van der Waals surface area contributed by atoms with Crippen LogP contribution in [0, 0.1) is 17.7 Å². The number of amides is 3. The number of hydrogen-bond acceptors (Lipinski definition) is 4. The van der Waals surface area contributed by atoms with Gasteiger partial charge in [-0.15, -0.1) is 11.8 Å². The van der Waals surface area contributed by atoms with Gasteiger partial charge in [-0.05, 0) is 30.9 Å². The molecule has 144 valence electrons. The lowest BCUT2D eigenvalue weighted by Gasteiger charge is -2.26. The van der Waals surface area contributed by atoms with Crippen LogP contribution in [-0.4, -0.2) is 34.9 Å². The van der Waals surface area contributed by atoms with E-state index in [9.17, 15) is 18.8 Å². The van der Waals surface area contributed by atoms with Crippen molar-refractivity contribution in [3.05, 3.63) is 29.6 Å². The minimum Gasteiger partial charge on any atom is -0.349 e. The van der Waals surface area contributed by atoms with E-state index < -0.39 is 0 Å². The van der Waals surface area contributed by atoms with E-state index in [-0.39, 0.29) is 54.4 Å². The van der Waals surface area contributed by atoms with Crippen LogP contribution < -0.4 is 5.32 Å². The molecule has 2 fully saturated rings. The number of thioether (sulfide) groups is 1. The molecule has 1 N–H and O–H groups in total. The molecule has 0 spiro atoms. The number of benzene rings is 1. The first-order chi connectivity index (χ1) is 13.1. The molecule has 2 heterocycles. The molecular formula is C20H23FN2O3S. The molecule has 1 aliphatic carbocycles. The van der Waals surface area contributed by atoms with Crippen LogP contribution in [0.25, 0.3) is 0 Å². The summed E-state index contributed by atoms with van der Waals surface area (Å²) in [4.78, 5) is 39.3. The van der Waals surface area contributed by atoms with Gasteiger partial charge in [0.05, 0.1) is 17.9 Å². The van der Waals surface area contributed by atoms with E-state index in [0.29, 0.717) is 4.90 Å². The second kappa shape index (κ2) is 7.62. The number of imide groups is 1. The zero-order valence-electron chi connectivity index (χ0n) is 15.1. The Hall–Kier alpha value is -1.89. The molecule has 1 aromatic carbocycles. The maximum atomic E-state index is 14.0. The molecule has 0 bridgehead atoms. The van der Waals surface area contributed by atoms with Crippen molar-refractivity contribution in [2.75, 3.05) is 12.3 Å². The van der Waals surface area contributed by atoms with Crippen LogP contribution in [-0.2, 0) is 14.4 Å². The maximum absolute atomic E-state index is 14.0. The first-order valence-electron chi connectivity index (χ1n) is 9.62. The van der Waals surface area contributed by atoms with Crippen molar-refractivity contribution in [3.63, 3.8) is 0 Å². The number of nitrogens with zero attached hydrogens (tertiary/aromatic N) is 1. The standard InChI is InChI=1S/C20H23FN2O3S/c21-15-7-3-6-14-16(9-11-27-18(14)15)22-17(24)8-10-23-19(25)12-4-1-2-5-13(12)20(23)26/h3,6-7,12-13,16H,1-2,4-5,8-11H2,(H,22,24)/t12-,13+,16-/m0/s1. The van der Waals surface area contributed by atoms with E-state index in [0.717, 1.165) is 43.4 Å². The van der Waals surface area contributed by atoms with Crippen LogP contribution in [0.4, 0.5) is 4.39 Å². The summed E-state index contributed by atoms with van der Waals surface area (Å²) in [6.45, 7) is 0.133. The van der Waals surface area contributed by atoms with E-state index in [4.69, 9.17) is 0 Å². The fourth-order valence-electron chi connectivity index (χ4n) is 4.47. The number of carbonyl (C=O) groups is 3. The Bertz CT molecular complexity index is 760. The molecule has 27 heavy (non-hydrogen) atoms. The third kappa shape index (κ3) is 3.49. The smallest absolute Gasteiger partial charge is 0.233 e. The average Bonchev–Trinajstić information content (AvgIpc) is 2.92. The molecule has 5 nitrogen and oxygen atoms in total. The first-order valence-corrected chi connectivity index (χ1v) is 10.6. The molecule has 0 radical (unpaired) electrons. The Balaban J connectivity index is 1.37. The third-order valence-electron chi connectivity index (χ3n) is 5.86. The number of fused-ring (bicyclic) bond motifs is 2. The fraction of sp³-hybridized carbons (Fsp3) is 0.550. The molecule has 4 rings (SSSR count). The predicted octanol–water partition coefficient (Wildman–Crippen LogP) is 3.04. The number of likely N-dealkylation sites (tertiary alicyclic amines) is 1. The lowest BCUT2D eigenvalue weighted by molar-refractivity contribution is -0.140. The van der Waals surface area contributed by atoms with Crippen LogP contribution in [0.3, 0.4) is 0 Å². The van der Waals surface area contributed by atoms with Crippen LogP contribution in [0.1, 0.15) is 50.1 Å². The summed E-state index contributed by atoms with van der Waals surface area (Å²) in [6, 6.07) is 4.70. The Labute approximate surface area is 162 Å². The molecule has 2 aliphatic heterocycles. The predicted molar refractivity (Wildman–Crippen MR) is 99.4 cm³/mol. The Morgan fingerprint density at radius 3 is 2.56 bits per heavy atom. The van der Waals surface area contributed by atoms with E-state index >= 15 is 0 Å². The highest BCUT2D eigenvalue weighted by Crippen LogP contribution is 2.39. The van der Waals surface area contributed by atoms with Crippen LogP contribution in [0.2, 0.25) is 0 Å². The van der Waals surface area contributed by atoms with Crippen molar-refractivity contribution in [2.24, 2.45) is 11.8 Å². The zero-order chi connectivity index (χ0) is 19.0. The summed E-state index contributed by atoms with van der Waals surface area (Å²) in [5, 5.41) is 2.95. The van der Waals surface area contributed by atoms with Gasteiger partial charge in [0, 0.05) is 23.6 Å². The Morgan fingerprint density at radius 1 is 1.15 bits per heavy atom. The van der Waals surface area contributed by atoms with E-state index in [1.807, 2.05) is 6.07 Å². The quantitative estimate of drug-likeness (QED) is 0.803. The topological polar surface area (TPSA) is 66.5 Å². The number of nitrogens with one attached hydrogen (secondary N) is 1. The second-order valence-corrected chi connectivity index (χ2v) is 8.60. The van der Waals surface area contributed by atoms with Gasteiger partial charge >= 0.3 is 0 Å². The van der Waals surface area contributed by atoms with E-state index in [1.165, 1.54) is 22.7 Å². The lowest BCUT2D eigenvalue weighted by atomic mass is 9.81. The molecule has 0 aromatic heterocycles. The van der Waals surface area contributed by atoms with Gasteiger partial charge in [0.25, 0.3) is 0 Å². The number of rotatable bonds is 4. The van der Waals surface area contributed by atoms with Gasteiger partial charge < -0.3 is 5.32 Å². The summed E-state index contributed by atoms with van der Waals surface area (Å²) in [7, 11) is 0. The normalized spacial score (nSPS) is 27.3. The number of carbonyl (C=O) groups excluding carboxylic acids is 3. The lowest BCUT2D eigenvalue weighted by Crippen LogP contribution is -2.37. The van der Waals surface area contributed by atoms with Crippen LogP contribution in [0.15, 0.2) is 23.1 Å². The Kier molecular flexibility index (Phi) is 5.21. The second-order valence-electron chi connectivity index (χ2n) is 7.49. The largest absolute Gasteiger partial charge is 0.349 e. The molecule has 3 amide bonds. The van der Waals surface area contributed by atoms with Crippen molar-refractivity contribution in [3.8, 4) is 0 Å². The minimum atomic E-state index is -0.257. The Morgan fingerprint density at radius 2 is 1.85 bits per heavy atom. The first kappa shape index (κ1) is 18.5. The minimum absolute atomic E-state index is 0.0885. The van der Waals surface area contributed by atoms with Gasteiger partial charge in [-0.3, -0.25) is 19.3 Å². The summed E-state index contributed by atoms with van der Waals surface area (Å²) < 4.78 is 14.0. The van der Waals surface area contributed by atoms with E-state index in [1.54, 1.807) is 6.07 Å². The SMILES string of the molecule is O=C(CCN1C(=O)[C@H]2CCCC[C@H]2C1=O)N[C@H]1CCSc2c(F)cccc21. The molecule has 0 unspecified atom stereocenters. The van der Waals surface area contributed by atoms with Gasteiger partial charge in [-0.1, -0.05) is 25.0 Å². The summed E-state index contributed by atoms with van der Waals surface area (Å²) in [5.41, 5.74) is 0.805. The maximum Gasteiger partial charge on any atom is 0.233 e. The summed E-state index contributed by atoms with van der Waals surface area (Å²) >= 11 is 1.47.